The Morgan fingerprint density at radius 1 is 1.03 bits per heavy atom. The Balaban J connectivity index is 1.75. The van der Waals surface area contributed by atoms with Crippen molar-refractivity contribution < 1.29 is 19.1 Å². The standard InChI is InChI=1S/C27H21ClN2O4/c1-2-33-25(31)24-23(19-11-7-4-8-12-19)27(30(29-24)21-15-13-20(28)14-16-21)17-22(34-26(27)32)18-9-5-3-6-10-18/h3-17,23H,2H2,1H3/t23-,27-/m0/s1. The number of carbonyl (C=O) groups excluding carboxylic acids is 2. The van der Waals surface area contributed by atoms with Crippen molar-refractivity contribution in [1.29, 1.82) is 0 Å². The molecule has 0 aromatic heterocycles. The maximum Gasteiger partial charge on any atom is 0.355 e. The van der Waals surface area contributed by atoms with E-state index >= 15 is 0 Å². The average Bonchev–Trinajstić information content (AvgIpc) is 3.39. The molecule has 0 aliphatic carbocycles. The molecule has 2 atom stereocenters. The van der Waals surface area contributed by atoms with Crippen LogP contribution in [-0.4, -0.2) is 29.8 Å². The SMILES string of the molecule is CCOC(=O)C1=NN(c2ccc(Cl)cc2)[C@@]2(C=C(c3ccccc3)OC2=O)[C@H]1c1ccccc1. The summed E-state index contributed by atoms with van der Waals surface area (Å²) in [4.78, 5) is 26.9. The zero-order valence-electron chi connectivity index (χ0n) is 18.4. The number of halogens is 1. The van der Waals surface area contributed by atoms with Crippen LogP contribution in [0.5, 0.6) is 0 Å². The van der Waals surface area contributed by atoms with Crippen LogP contribution in [-0.2, 0) is 19.1 Å². The number of anilines is 1. The van der Waals surface area contributed by atoms with Crippen LogP contribution in [0.25, 0.3) is 5.76 Å². The van der Waals surface area contributed by atoms with Gasteiger partial charge in [-0.15, -0.1) is 0 Å². The van der Waals surface area contributed by atoms with Gasteiger partial charge >= 0.3 is 11.9 Å². The third-order valence-corrected chi connectivity index (χ3v) is 6.15. The Kier molecular flexibility index (Phi) is 5.67. The van der Waals surface area contributed by atoms with Crippen LogP contribution in [0.2, 0.25) is 5.02 Å². The second kappa shape index (κ2) is 8.80. The van der Waals surface area contributed by atoms with Gasteiger partial charge in [0.05, 0.1) is 18.2 Å². The highest BCUT2D eigenvalue weighted by atomic mass is 35.5. The zero-order chi connectivity index (χ0) is 23.7. The van der Waals surface area contributed by atoms with Gasteiger partial charge in [0.1, 0.15) is 5.76 Å². The molecule has 3 aromatic rings. The summed E-state index contributed by atoms with van der Waals surface area (Å²) >= 11 is 6.11. The fourth-order valence-corrected chi connectivity index (χ4v) is 4.54. The van der Waals surface area contributed by atoms with Crippen molar-refractivity contribution in [2.24, 2.45) is 5.10 Å². The lowest BCUT2D eigenvalue weighted by atomic mass is 9.76. The predicted molar refractivity (Wildman–Crippen MR) is 130 cm³/mol. The lowest BCUT2D eigenvalue weighted by molar-refractivity contribution is -0.139. The minimum Gasteiger partial charge on any atom is -0.461 e. The maximum absolute atomic E-state index is 13.8. The summed E-state index contributed by atoms with van der Waals surface area (Å²) in [5, 5.41) is 6.75. The van der Waals surface area contributed by atoms with Crippen molar-refractivity contribution in [1.82, 2.24) is 0 Å². The van der Waals surface area contributed by atoms with Crippen LogP contribution in [0.4, 0.5) is 5.69 Å². The van der Waals surface area contributed by atoms with E-state index in [0.717, 1.165) is 11.1 Å². The van der Waals surface area contributed by atoms with Crippen molar-refractivity contribution in [2.75, 3.05) is 11.6 Å². The zero-order valence-corrected chi connectivity index (χ0v) is 19.1. The van der Waals surface area contributed by atoms with E-state index in [1.807, 2.05) is 60.7 Å². The van der Waals surface area contributed by atoms with Gasteiger partial charge in [0.15, 0.2) is 11.3 Å². The van der Waals surface area contributed by atoms with Crippen LogP contribution in [0, 0.1) is 0 Å². The summed E-state index contributed by atoms with van der Waals surface area (Å²) < 4.78 is 11.2. The minimum atomic E-state index is -1.43. The number of ether oxygens (including phenoxy) is 2. The molecule has 2 aliphatic heterocycles. The summed E-state index contributed by atoms with van der Waals surface area (Å²) in [6.45, 7) is 1.91. The second-order valence-corrected chi connectivity index (χ2v) is 8.36. The maximum atomic E-state index is 13.8. The van der Waals surface area contributed by atoms with Crippen LogP contribution in [0.3, 0.4) is 0 Å². The molecular weight excluding hydrogens is 452 g/mol. The van der Waals surface area contributed by atoms with Gasteiger partial charge in [-0.2, -0.15) is 5.10 Å². The van der Waals surface area contributed by atoms with Crippen molar-refractivity contribution in [2.45, 2.75) is 18.4 Å². The molecule has 0 saturated heterocycles. The fraction of sp³-hybridized carbons (Fsp3) is 0.148. The molecule has 0 bridgehead atoms. The van der Waals surface area contributed by atoms with E-state index in [9.17, 15) is 9.59 Å². The quantitative estimate of drug-likeness (QED) is 0.477. The number of hydrogen-bond acceptors (Lipinski definition) is 6. The van der Waals surface area contributed by atoms with E-state index < -0.39 is 23.4 Å². The van der Waals surface area contributed by atoms with Crippen LogP contribution in [0.1, 0.15) is 24.0 Å². The molecule has 5 rings (SSSR count). The third kappa shape index (κ3) is 3.56. The van der Waals surface area contributed by atoms with E-state index in [2.05, 4.69) is 5.10 Å². The molecule has 0 fully saturated rings. The molecule has 0 amide bonds. The Morgan fingerprint density at radius 2 is 1.68 bits per heavy atom. The van der Waals surface area contributed by atoms with E-state index in [1.165, 1.54) is 0 Å². The predicted octanol–water partition coefficient (Wildman–Crippen LogP) is 5.20. The first kappa shape index (κ1) is 21.9. The topological polar surface area (TPSA) is 68.2 Å². The fourth-order valence-electron chi connectivity index (χ4n) is 4.42. The third-order valence-electron chi connectivity index (χ3n) is 5.90. The van der Waals surface area contributed by atoms with E-state index in [1.54, 1.807) is 42.3 Å². The molecular formula is C27H21ClN2O4. The Labute approximate surface area is 202 Å². The lowest BCUT2D eigenvalue weighted by Crippen LogP contribution is -2.51. The van der Waals surface area contributed by atoms with Gasteiger partial charge in [0.2, 0.25) is 0 Å². The van der Waals surface area contributed by atoms with Gasteiger partial charge < -0.3 is 9.47 Å². The van der Waals surface area contributed by atoms with Gasteiger partial charge in [-0.3, -0.25) is 0 Å². The van der Waals surface area contributed by atoms with Crippen molar-refractivity contribution in [3.63, 3.8) is 0 Å². The van der Waals surface area contributed by atoms with Gasteiger partial charge in [0.25, 0.3) is 0 Å². The van der Waals surface area contributed by atoms with Gasteiger partial charge in [-0.25, -0.2) is 14.6 Å². The summed E-state index contributed by atoms with van der Waals surface area (Å²) in [5.74, 6) is -1.46. The molecule has 0 saturated carbocycles. The molecule has 6 nitrogen and oxygen atoms in total. The van der Waals surface area contributed by atoms with Gasteiger partial charge in [-0.1, -0.05) is 72.3 Å². The van der Waals surface area contributed by atoms with E-state index in [4.69, 9.17) is 21.1 Å². The highest BCUT2D eigenvalue weighted by Gasteiger charge is 2.62. The summed E-state index contributed by atoms with van der Waals surface area (Å²) in [6.07, 6.45) is 1.76. The molecule has 3 aromatic carbocycles. The molecule has 34 heavy (non-hydrogen) atoms. The lowest BCUT2D eigenvalue weighted by Gasteiger charge is -2.33. The van der Waals surface area contributed by atoms with Crippen LogP contribution >= 0.6 is 11.6 Å². The Bertz CT molecular complexity index is 1290. The molecule has 0 unspecified atom stereocenters. The number of benzene rings is 3. The van der Waals surface area contributed by atoms with Crippen LogP contribution < -0.4 is 5.01 Å². The largest absolute Gasteiger partial charge is 0.461 e. The number of hydrogen-bond donors (Lipinski definition) is 0. The minimum absolute atomic E-state index is 0.130. The highest BCUT2D eigenvalue weighted by molar-refractivity contribution is 6.41. The first-order valence-electron chi connectivity index (χ1n) is 10.9. The molecule has 7 heteroatoms. The monoisotopic (exact) mass is 472 g/mol. The molecule has 2 heterocycles. The Morgan fingerprint density at radius 3 is 2.32 bits per heavy atom. The number of esters is 2. The number of cyclic esters (lactones) is 1. The first-order valence-corrected chi connectivity index (χ1v) is 11.3. The summed E-state index contributed by atoms with van der Waals surface area (Å²) in [5.41, 5.74) is 0.786. The Hall–Kier alpha value is -3.90. The molecule has 1 spiro atoms. The summed E-state index contributed by atoms with van der Waals surface area (Å²) in [6, 6.07) is 25.6. The normalized spacial score (nSPS) is 21.3. The van der Waals surface area contributed by atoms with Gasteiger partial charge in [-0.05, 0) is 42.8 Å². The smallest absolute Gasteiger partial charge is 0.355 e. The first-order chi connectivity index (χ1) is 16.5. The van der Waals surface area contributed by atoms with Crippen molar-refractivity contribution in [3.05, 3.63) is 107 Å². The molecule has 2 aliphatic rings. The number of nitrogens with zero attached hydrogens (tertiary/aromatic N) is 2. The van der Waals surface area contributed by atoms with Gasteiger partial charge in [0, 0.05) is 10.6 Å². The van der Waals surface area contributed by atoms with Crippen molar-refractivity contribution in [3.8, 4) is 0 Å². The number of hydrazone groups is 1. The molecule has 0 N–H and O–H groups in total. The van der Waals surface area contributed by atoms with E-state index in [-0.39, 0.29) is 12.3 Å². The second-order valence-electron chi connectivity index (χ2n) is 7.93. The van der Waals surface area contributed by atoms with Crippen LogP contribution in [0.15, 0.2) is 96.1 Å². The van der Waals surface area contributed by atoms with Crippen molar-refractivity contribution >= 4 is 40.7 Å². The molecule has 170 valence electrons. The van der Waals surface area contributed by atoms with E-state index in [0.29, 0.717) is 16.5 Å². The molecule has 0 radical (unpaired) electrons. The average molecular weight is 473 g/mol. The number of carbonyl (C=O) groups is 2. The number of rotatable bonds is 5. The summed E-state index contributed by atoms with van der Waals surface area (Å²) in [7, 11) is 0. The highest BCUT2D eigenvalue weighted by Crippen LogP contribution is 2.49.